The van der Waals surface area contributed by atoms with E-state index in [1.165, 1.54) is 0 Å². The predicted molar refractivity (Wildman–Crippen MR) is 93.8 cm³/mol. The summed E-state index contributed by atoms with van der Waals surface area (Å²) >= 11 is 0. The average Bonchev–Trinajstić information content (AvgIpc) is 3.19. The molecule has 120 valence electrons. The maximum absolute atomic E-state index is 12.3. The Morgan fingerprint density at radius 1 is 1.21 bits per heavy atom. The van der Waals surface area contributed by atoms with Crippen molar-refractivity contribution in [2.75, 3.05) is 0 Å². The number of para-hydroxylation sites is 1. The van der Waals surface area contributed by atoms with E-state index in [9.17, 15) is 4.79 Å². The van der Waals surface area contributed by atoms with Crippen LogP contribution in [0.4, 0.5) is 0 Å². The van der Waals surface area contributed by atoms with E-state index in [0.717, 1.165) is 22.2 Å². The minimum absolute atomic E-state index is 0.0614. The molecule has 24 heavy (non-hydrogen) atoms. The summed E-state index contributed by atoms with van der Waals surface area (Å²) in [7, 11) is 0. The van der Waals surface area contributed by atoms with E-state index in [2.05, 4.69) is 25.3 Å². The van der Waals surface area contributed by atoms with Gasteiger partial charge in [-0.3, -0.25) is 4.79 Å². The second-order valence-corrected chi connectivity index (χ2v) is 6.03. The average molecular weight is 319 g/mol. The molecule has 6 heteroatoms. The summed E-state index contributed by atoms with van der Waals surface area (Å²) in [6.45, 7) is 3.85. The highest BCUT2D eigenvalue weighted by Gasteiger charge is 2.16. The third kappa shape index (κ3) is 2.32. The summed E-state index contributed by atoms with van der Waals surface area (Å²) in [6, 6.07) is 8.10. The van der Waals surface area contributed by atoms with Crippen molar-refractivity contribution in [3.63, 3.8) is 0 Å². The van der Waals surface area contributed by atoms with Gasteiger partial charge in [-0.2, -0.15) is 0 Å². The summed E-state index contributed by atoms with van der Waals surface area (Å²) in [5, 5.41) is 4.00. The maximum atomic E-state index is 12.3. The summed E-state index contributed by atoms with van der Waals surface area (Å²) in [5.41, 5.74) is 4.39. The van der Waals surface area contributed by atoms with Gasteiger partial charge in [0.15, 0.2) is 5.65 Å². The highest BCUT2D eigenvalue weighted by atomic mass is 16.1. The molecular formula is C18H17N5O. The zero-order valence-electron chi connectivity index (χ0n) is 13.4. The van der Waals surface area contributed by atoms with Crippen LogP contribution in [-0.2, 0) is 0 Å². The Labute approximate surface area is 138 Å². The van der Waals surface area contributed by atoms with Crippen LogP contribution < -0.4 is 5.32 Å². The second kappa shape index (κ2) is 5.49. The van der Waals surface area contributed by atoms with Crippen LogP contribution in [0.2, 0.25) is 0 Å². The van der Waals surface area contributed by atoms with E-state index >= 15 is 0 Å². The van der Waals surface area contributed by atoms with Crippen molar-refractivity contribution < 1.29 is 4.79 Å². The molecule has 0 aliphatic heterocycles. The van der Waals surface area contributed by atoms with Crippen LogP contribution in [0.15, 0.2) is 42.9 Å². The van der Waals surface area contributed by atoms with Crippen LogP contribution in [0, 0.1) is 0 Å². The van der Waals surface area contributed by atoms with Crippen molar-refractivity contribution in [3.05, 3.63) is 48.4 Å². The Morgan fingerprint density at radius 2 is 2.08 bits per heavy atom. The number of hydrogen-bond acceptors (Lipinski definition) is 3. The van der Waals surface area contributed by atoms with Gasteiger partial charge < -0.3 is 15.3 Å². The number of fused-ring (bicyclic) bond motifs is 2. The lowest BCUT2D eigenvalue weighted by atomic mass is 10.1. The highest BCUT2D eigenvalue weighted by Crippen LogP contribution is 2.27. The van der Waals surface area contributed by atoms with E-state index in [0.29, 0.717) is 16.7 Å². The molecule has 0 saturated carbocycles. The molecular weight excluding hydrogens is 302 g/mol. The van der Waals surface area contributed by atoms with Crippen LogP contribution in [0.3, 0.4) is 0 Å². The number of amides is 1. The Balaban J connectivity index is 1.86. The molecule has 1 amide bonds. The molecule has 4 aromatic rings. The first-order valence-corrected chi connectivity index (χ1v) is 7.85. The molecule has 3 aromatic heterocycles. The van der Waals surface area contributed by atoms with Gasteiger partial charge in [-0.1, -0.05) is 18.2 Å². The highest BCUT2D eigenvalue weighted by molar-refractivity contribution is 6.05. The minimum atomic E-state index is -0.152. The van der Waals surface area contributed by atoms with E-state index in [4.69, 9.17) is 0 Å². The van der Waals surface area contributed by atoms with Gasteiger partial charge in [0.1, 0.15) is 5.52 Å². The van der Waals surface area contributed by atoms with Gasteiger partial charge in [0, 0.05) is 29.4 Å². The molecule has 0 fully saturated rings. The summed E-state index contributed by atoms with van der Waals surface area (Å²) in [4.78, 5) is 27.7. The number of nitrogens with zero attached hydrogens (tertiary/aromatic N) is 2. The first-order chi connectivity index (χ1) is 11.6. The van der Waals surface area contributed by atoms with Crippen LogP contribution >= 0.6 is 0 Å². The fraction of sp³-hybridized carbons (Fsp3) is 0.167. The topological polar surface area (TPSA) is 86.5 Å². The quantitative estimate of drug-likeness (QED) is 0.542. The van der Waals surface area contributed by atoms with E-state index in [1.807, 2.05) is 44.3 Å². The molecule has 6 nitrogen and oxygen atoms in total. The number of carbonyl (C=O) groups excluding carboxylic acids is 1. The van der Waals surface area contributed by atoms with Crippen LogP contribution in [0.1, 0.15) is 24.2 Å². The third-order valence-electron chi connectivity index (χ3n) is 3.91. The number of benzene rings is 1. The zero-order chi connectivity index (χ0) is 16.7. The Kier molecular flexibility index (Phi) is 3.30. The van der Waals surface area contributed by atoms with Crippen molar-refractivity contribution in [1.82, 2.24) is 25.3 Å². The minimum Gasteiger partial charge on any atom is -0.361 e. The second-order valence-electron chi connectivity index (χ2n) is 6.03. The summed E-state index contributed by atoms with van der Waals surface area (Å²) in [6.07, 6.45) is 5.28. The molecule has 0 spiro atoms. The lowest BCUT2D eigenvalue weighted by molar-refractivity contribution is 0.0944. The normalized spacial score (nSPS) is 11.5. The number of rotatable bonds is 3. The zero-order valence-corrected chi connectivity index (χ0v) is 13.4. The smallest absolute Gasteiger partial charge is 0.255 e. The van der Waals surface area contributed by atoms with Gasteiger partial charge in [-0.05, 0) is 19.9 Å². The number of aromatic amines is 2. The predicted octanol–water partition coefficient (Wildman–Crippen LogP) is 3.24. The standard InChI is InChI=1S/C18H17N5O/c1-10(2)22-18(24)13-8-20-17-16(13)23-14(9-21-17)12-5-3-4-11-6-7-19-15(11)12/h3-10,19H,1-2H3,(H,20,21)(H,22,24). The molecule has 0 unspecified atom stereocenters. The fourth-order valence-corrected chi connectivity index (χ4v) is 2.83. The molecule has 0 aliphatic rings. The van der Waals surface area contributed by atoms with E-state index < -0.39 is 0 Å². The lowest BCUT2D eigenvalue weighted by Crippen LogP contribution is -2.29. The van der Waals surface area contributed by atoms with Crippen molar-refractivity contribution in [3.8, 4) is 11.3 Å². The van der Waals surface area contributed by atoms with Gasteiger partial charge in [0.2, 0.25) is 0 Å². The molecule has 0 aliphatic carbocycles. The third-order valence-corrected chi connectivity index (χ3v) is 3.91. The van der Waals surface area contributed by atoms with Gasteiger partial charge in [-0.15, -0.1) is 0 Å². The molecule has 1 aromatic carbocycles. The Hall–Kier alpha value is -3.15. The van der Waals surface area contributed by atoms with Crippen molar-refractivity contribution in [1.29, 1.82) is 0 Å². The van der Waals surface area contributed by atoms with Crippen LogP contribution in [-0.4, -0.2) is 31.9 Å². The molecule has 0 atom stereocenters. The van der Waals surface area contributed by atoms with E-state index in [1.54, 1.807) is 12.4 Å². The molecule has 3 heterocycles. The number of H-pyrrole nitrogens is 2. The molecule has 3 N–H and O–H groups in total. The molecule has 0 saturated heterocycles. The van der Waals surface area contributed by atoms with Gasteiger partial charge in [-0.25, -0.2) is 9.97 Å². The van der Waals surface area contributed by atoms with Gasteiger partial charge >= 0.3 is 0 Å². The number of nitrogens with one attached hydrogen (secondary N) is 3. The first-order valence-electron chi connectivity index (χ1n) is 7.85. The Bertz CT molecular complexity index is 1040. The number of hydrogen-bond donors (Lipinski definition) is 3. The number of aromatic nitrogens is 4. The van der Waals surface area contributed by atoms with Crippen LogP contribution in [0.5, 0.6) is 0 Å². The summed E-state index contributed by atoms with van der Waals surface area (Å²) < 4.78 is 0. The lowest BCUT2D eigenvalue weighted by Gasteiger charge is -2.07. The largest absolute Gasteiger partial charge is 0.361 e. The van der Waals surface area contributed by atoms with Gasteiger partial charge in [0.25, 0.3) is 5.91 Å². The first kappa shape index (κ1) is 14.4. The van der Waals surface area contributed by atoms with Crippen LogP contribution in [0.25, 0.3) is 33.3 Å². The molecule has 0 bridgehead atoms. The number of carbonyl (C=O) groups is 1. The maximum Gasteiger partial charge on any atom is 0.255 e. The van der Waals surface area contributed by atoms with Gasteiger partial charge in [0.05, 0.1) is 23.0 Å². The SMILES string of the molecule is CC(C)NC(=O)c1c[nH]c2ncc(-c3cccc4cc[nH]c34)nc12. The van der Waals surface area contributed by atoms with Crippen molar-refractivity contribution in [2.45, 2.75) is 19.9 Å². The Morgan fingerprint density at radius 3 is 2.92 bits per heavy atom. The van der Waals surface area contributed by atoms with Crippen molar-refractivity contribution in [2.24, 2.45) is 0 Å². The monoisotopic (exact) mass is 319 g/mol. The fourth-order valence-electron chi connectivity index (χ4n) is 2.83. The summed E-state index contributed by atoms with van der Waals surface area (Å²) in [5.74, 6) is -0.152. The molecule has 0 radical (unpaired) electrons. The van der Waals surface area contributed by atoms with E-state index in [-0.39, 0.29) is 11.9 Å². The van der Waals surface area contributed by atoms with Crippen molar-refractivity contribution >= 4 is 28.0 Å². The molecule has 4 rings (SSSR count).